The molecule has 1 aliphatic rings. The second-order valence-electron chi connectivity index (χ2n) is 3.11. The smallest absolute Gasteiger partial charge is 0.194 e. The van der Waals surface area contributed by atoms with E-state index in [9.17, 15) is 4.79 Å². The Balaban J connectivity index is 2.16. The molecule has 1 aliphatic carbocycles. The van der Waals surface area contributed by atoms with Crippen LogP contribution < -0.4 is 5.73 Å². The van der Waals surface area contributed by atoms with Gasteiger partial charge in [0.05, 0.1) is 4.88 Å². The fourth-order valence-electron chi connectivity index (χ4n) is 1.05. The second kappa shape index (κ2) is 3.36. The van der Waals surface area contributed by atoms with Crippen LogP contribution in [0.4, 0.5) is 0 Å². The first kappa shape index (κ1) is 9.12. The van der Waals surface area contributed by atoms with Crippen molar-refractivity contribution in [2.45, 2.75) is 18.3 Å². The van der Waals surface area contributed by atoms with Gasteiger partial charge < -0.3 is 5.73 Å². The molecule has 1 heterocycles. The minimum atomic E-state index is -0.543. The van der Waals surface area contributed by atoms with Crippen molar-refractivity contribution in [2.24, 2.45) is 11.7 Å². The molecule has 13 heavy (non-hydrogen) atoms. The number of halogens is 1. The van der Waals surface area contributed by atoms with E-state index >= 15 is 0 Å². The average molecular weight is 217 g/mol. The van der Waals surface area contributed by atoms with Crippen molar-refractivity contribution in [3.8, 4) is 0 Å². The zero-order valence-corrected chi connectivity index (χ0v) is 8.44. The summed E-state index contributed by atoms with van der Waals surface area (Å²) in [5.74, 6) is 0.360. The van der Waals surface area contributed by atoms with Crippen molar-refractivity contribution in [1.29, 1.82) is 0 Å². The summed E-state index contributed by atoms with van der Waals surface area (Å²) in [7, 11) is 0. The Hall–Kier alpha value is -0.450. The summed E-state index contributed by atoms with van der Waals surface area (Å²) in [6.45, 7) is 0. The number of hydrogen-bond donors (Lipinski definition) is 1. The van der Waals surface area contributed by atoms with Crippen molar-refractivity contribution in [2.75, 3.05) is 0 Å². The topological polar surface area (TPSA) is 56.0 Å². The zero-order chi connectivity index (χ0) is 9.42. The summed E-state index contributed by atoms with van der Waals surface area (Å²) >= 11 is 6.95. The molecular formula is C8H9ClN2OS. The van der Waals surface area contributed by atoms with E-state index in [0.29, 0.717) is 5.01 Å². The molecular weight excluding hydrogens is 208 g/mol. The first-order valence-electron chi connectivity index (χ1n) is 4.08. The number of ketones is 1. The summed E-state index contributed by atoms with van der Waals surface area (Å²) in [4.78, 5) is 16.3. The third kappa shape index (κ3) is 1.90. The number of aromatic nitrogens is 1. The minimum Gasteiger partial charge on any atom is -0.311 e. The highest BCUT2D eigenvalue weighted by molar-refractivity contribution is 7.13. The molecule has 1 aromatic heterocycles. The van der Waals surface area contributed by atoms with Crippen molar-refractivity contribution in [3.63, 3.8) is 0 Å². The quantitative estimate of drug-likeness (QED) is 0.477. The van der Waals surface area contributed by atoms with Gasteiger partial charge in [-0.1, -0.05) is 11.6 Å². The molecule has 70 valence electrons. The highest BCUT2D eigenvalue weighted by Crippen LogP contribution is 2.34. The SMILES string of the molecule is NC(Cl)c1cnc(C(=O)C2CC2)s1. The number of nitrogens with two attached hydrogens (primary N) is 1. The normalized spacial score (nSPS) is 18.6. The summed E-state index contributed by atoms with van der Waals surface area (Å²) in [6, 6.07) is 0. The van der Waals surface area contributed by atoms with Gasteiger partial charge >= 0.3 is 0 Å². The van der Waals surface area contributed by atoms with E-state index < -0.39 is 5.50 Å². The predicted octanol–water partition coefficient (Wildman–Crippen LogP) is 1.93. The number of thiazole rings is 1. The molecule has 1 atom stereocenters. The molecule has 3 nitrogen and oxygen atoms in total. The summed E-state index contributed by atoms with van der Waals surface area (Å²) in [6.07, 6.45) is 3.58. The van der Waals surface area contributed by atoms with E-state index in [1.807, 2.05) is 0 Å². The lowest BCUT2D eigenvalue weighted by Crippen LogP contribution is -1.99. The first-order valence-corrected chi connectivity index (χ1v) is 5.33. The lowest BCUT2D eigenvalue weighted by Gasteiger charge is -1.94. The van der Waals surface area contributed by atoms with Crippen LogP contribution in [0.3, 0.4) is 0 Å². The summed E-state index contributed by atoms with van der Waals surface area (Å²) < 4.78 is 0. The number of nitrogens with zero attached hydrogens (tertiary/aromatic N) is 1. The molecule has 5 heteroatoms. The van der Waals surface area contributed by atoms with Gasteiger partial charge in [-0.2, -0.15) is 0 Å². The highest BCUT2D eigenvalue weighted by atomic mass is 35.5. The van der Waals surface area contributed by atoms with Gasteiger partial charge in [-0.05, 0) is 12.8 Å². The predicted molar refractivity (Wildman–Crippen MR) is 51.9 cm³/mol. The average Bonchev–Trinajstić information content (AvgIpc) is 2.81. The number of carbonyl (C=O) groups is 1. The fraction of sp³-hybridized carbons (Fsp3) is 0.500. The van der Waals surface area contributed by atoms with E-state index in [2.05, 4.69) is 4.98 Å². The van der Waals surface area contributed by atoms with Crippen molar-refractivity contribution < 1.29 is 4.79 Å². The molecule has 2 rings (SSSR count). The Morgan fingerprint density at radius 3 is 2.92 bits per heavy atom. The fourth-order valence-corrected chi connectivity index (χ4v) is 2.05. The van der Waals surface area contributed by atoms with Gasteiger partial charge in [-0.25, -0.2) is 4.98 Å². The lowest BCUT2D eigenvalue weighted by molar-refractivity contribution is 0.0967. The second-order valence-corrected chi connectivity index (χ2v) is 4.64. The standard InChI is InChI=1S/C8H9ClN2OS/c9-7(10)5-3-11-8(13-5)6(12)4-1-2-4/h3-4,7H,1-2,10H2. The highest BCUT2D eigenvalue weighted by Gasteiger charge is 2.32. The number of rotatable bonds is 3. The van der Waals surface area contributed by atoms with Crippen LogP contribution in [0, 0.1) is 5.92 Å². The largest absolute Gasteiger partial charge is 0.311 e. The Labute approximate surface area is 84.9 Å². The maximum absolute atomic E-state index is 11.5. The van der Waals surface area contributed by atoms with Crippen LogP contribution in [0.5, 0.6) is 0 Å². The first-order chi connectivity index (χ1) is 6.18. The maximum atomic E-state index is 11.5. The molecule has 1 aromatic rings. The minimum absolute atomic E-state index is 0.147. The van der Waals surface area contributed by atoms with Crippen LogP contribution in [0.25, 0.3) is 0 Å². The number of hydrogen-bond acceptors (Lipinski definition) is 4. The molecule has 0 bridgehead atoms. The number of alkyl halides is 1. The lowest BCUT2D eigenvalue weighted by atomic mass is 10.3. The molecule has 0 spiro atoms. The Morgan fingerprint density at radius 1 is 1.77 bits per heavy atom. The zero-order valence-electron chi connectivity index (χ0n) is 6.87. The molecule has 0 amide bonds. The van der Waals surface area contributed by atoms with Crippen molar-refractivity contribution in [1.82, 2.24) is 4.98 Å². The van der Waals surface area contributed by atoms with Gasteiger partial charge in [0.25, 0.3) is 0 Å². The van der Waals surface area contributed by atoms with E-state index in [4.69, 9.17) is 17.3 Å². The summed E-state index contributed by atoms with van der Waals surface area (Å²) in [5.41, 5.74) is 4.90. The molecule has 0 aromatic carbocycles. The molecule has 1 unspecified atom stereocenters. The molecule has 0 aliphatic heterocycles. The van der Waals surface area contributed by atoms with Gasteiger partial charge in [0.2, 0.25) is 0 Å². The third-order valence-electron chi connectivity index (χ3n) is 1.95. The number of carbonyl (C=O) groups excluding carboxylic acids is 1. The van der Waals surface area contributed by atoms with Crippen LogP contribution >= 0.6 is 22.9 Å². The Morgan fingerprint density at radius 2 is 2.46 bits per heavy atom. The molecule has 0 radical (unpaired) electrons. The van der Waals surface area contributed by atoms with Crippen LogP contribution in [0.15, 0.2) is 6.20 Å². The number of Topliss-reactive ketones (excluding diaryl/α,β-unsaturated/α-hetero) is 1. The van der Waals surface area contributed by atoms with E-state index in [-0.39, 0.29) is 11.7 Å². The van der Waals surface area contributed by atoms with Crippen molar-refractivity contribution in [3.05, 3.63) is 16.1 Å². The van der Waals surface area contributed by atoms with E-state index in [1.165, 1.54) is 11.3 Å². The maximum Gasteiger partial charge on any atom is 0.194 e. The van der Waals surface area contributed by atoms with Gasteiger partial charge in [-0.15, -0.1) is 11.3 Å². The third-order valence-corrected chi connectivity index (χ3v) is 3.41. The van der Waals surface area contributed by atoms with Crippen LogP contribution in [-0.2, 0) is 0 Å². The van der Waals surface area contributed by atoms with Crippen LogP contribution in [-0.4, -0.2) is 10.8 Å². The molecule has 2 N–H and O–H groups in total. The molecule has 0 saturated heterocycles. The Kier molecular flexibility index (Phi) is 2.36. The summed E-state index contributed by atoms with van der Waals surface area (Å²) in [5, 5.41) is 0.550. The molecule has 1 saturated carbocycles. The Bertz CT molecular complexity index is 333. The monoisotopic (exact) mass is 216 g/mol. The van der Waals surface area contributed by atoms with E-state index in [1.54, 1.807) is 6.20 Å². The van der Waals surface area contributed by atoms with Gasteiger partial charge in [0.1, 0.15) is 5.50 Å². The van der Waals surface area contributed by atoms with Crippen LogP contribution in [0.2, 0.25) is 0 Å². The van der Waals surface area contributed by atoms with Gasteiger partial charge in [0.15, 0.2) is 10.8 Å². The van der Waals surface area contributed by atoms with Crippen LogP contribution in [0.1, 0.15) is 33.0 Å². The van der Waals surface area contributed by atoms with Gasteiger partial charge in [0, 0.05) is 12.1 Å². The van der Waals surface area contributed by atoms with Crippen molar-refractivity contribution >= 4 is 28.7 Å². The van der Waals surface area contributed by atoms with Gasteiger partial charge in [-0.3, -0.25) is 4.79 Å². The van der Waals surface area contributed by atoms with E-state index in [0.717, 1.165) is 17.7 Å². The molecule has 1 fully saturated rings.